The van der Waals surface area contributed by atoms with E-state index in [0.29, 0.717) is 6.42 Å². The molecule has 5 nitrogen and oxygen atoms in total. The first-order valence-electron chi connectivity index (χ1n) is 4.78. The molecular weight excluding hydrogens is 198 g/mol. The second-order valence-electron chi connectivity index (χ2n) is 4.07. The van der Waals surface area contributed by atoms with Crippen molar-refractivity contribution in [2.45, 2.75) is 52.7 Å². The number of carboxylic acid groups (broad SMARTS) is 1. The van der Waals surface area contributed by atoms with E-state index >= 15 is 0 Å². The molecule has 0 rings (SSSR count). The minimum atomic E-state index is -0.833. The summed E-state index contributed by atoms with van der Waals surface area (Å²) in [4.78, 5) is 20.0. The van der Waals surface area contributed by atoms with E-state index in [0.717, 1.165) is 6.92 Å². The third-order valence-electron chi connectivity index (χ3n) is 1.15. The van der Waals surface area contributed by atoms with E-state index in [9.17, 15) is 4.79 Å². The highest BCUT2D eigenvalue weighted by atomic mass is 16.6. The van der Waals surface area contributed by atoms with Crippen LogP contribution in [0.25, 0.3) is 0 Å². The van der Waals surface area contributed by atoms with Gasteiger partial charge in [0, 0.05) is 6.92 Å². The molecule has 15 heavy (non-hydrogen) atoms. The topological polar surface area (TPSA) is 89.6 Å². The van der Waals surface area contributed by atoms with Crippen molar-refractivity contribution in [1.29, 1.82) is 0 Å². The van der Waals surface area contributed by atoms with Gasteiger partial charge in [-0.25, -0.2) is 0 Å². The summed E-state index contributed by atoms with van der Waals surface area (Å²) in [5.41, 5.74) is 5.02. The van der Waals surface area contributed by atoms with Gasteiger partial charge in [0.15, 0.2) is 0 Å². The monoisotopic (exact) mass is 219 g/mol. The third-order valence-corrected chi connectivity index (χ3v) is 1.15. The zero-order valence-corrected chi connectivity index (χ0v) is 10.0. The molecule has 0 aromatic rings. The average Bonchev–Trinajstić information content (AvgIpc) is 1.98. The maximum absolute atomic E-state index is 11.0. The molecule has 3 N–H and O–H groups in total. The van der Waals surface area contributed by atoms with Crippen molar-refractivity contribution in [2.24, 2.45) is 5.73 Å². The van der Waals surface area contributed by atoms with Gasteiger partial charge in [-0.3, -0.25) is 9.59 Å². The lowest BCUT2D eigenvalue weighted by molar-refractivity contribution is -0.156. The van der Waals surface area contributed by atoms with Crippen molar-refractivity contribution in [1.82, 2.24) is 0 Å². The van der Waals surface area contributed by atoms with Gasteiger partial charge in [-0.2, -0.15) is 0 Å². The van der Waals surface area contributed by atoms with Gasteiger partial charge >= 0.3 is 5.97 Å². The number of hydrogen-bond donors (Lipinski definition) is 2. The Morgan fingerprint density at radius 2 is 1.73 bits per heavy atom. The molecule has 0 fully saturated rings. The highest BCUT2D eigenvalue weighted by Crippen LogP contribution is 2.08. The number of esters is 1. The van der Waals surface area contributed by atoms with Gasteiger partial charge in [0.25, 0.3) is 5.97 Å². The van der Waals surface area contributed by atoms with Crippen LogP contribution >= 0.6 is 0 Å². The summed E-state index contributed by atoms with van der Waals surface area (Å²) in [5, 5.41) is 7.42. The fourth-order valence-electron chi connectivity index (χ4n) is 0.544. The maximum Gasteiger partial charge on any atom is 0.323 e. The summed E-state index contributed by atoms with van der Waals surface area (Å²) in [6, 6.07) is -0.478. The molecule has 90 valence electrons. The first-order valence-corrected chi connectivity index (χ1v) is 4.78. The molecule has 1 atom stereocenters. The molecule has 0 aliphatic carbocycles. The van der Waals surface area contributed by atoms with Crippen LogP contribution in [0.2, 0.25) is 0 Å². The molecule has 0 amide bonds. The van der Waals surface area contributed by atoms with Crippen molar-refractivity contribution < 1.29 is 19.4 Å². The van der Waals surface area contributed by atoms with Gasteiger partial charge in [-0.1, -0.05) is 6.92 Å². The second kappa shape index (κ2) is 7.23. The fraction of sp³-hybridized carbons (Fsp3) is 0.800. The fourth-order valence-corrected chi connectivity index (χ4v) is 0.544. The number of carboxylic acids is 1. The van der Waals surface area contributed by atoms with E-state index in [1.807, 2.05) is 27.7 Å². The predicted octanol–water partition coefficient (Wildman–Crippen LogP) is 1.16. The van der Waals surface area contributed by atoms with Gasteiger partial charge in [0.05, 0.1) is 0 Å². The Morgan fingerprint density at radius 1 is 1.40 bits per heavy atom. The number of ether oxygens (including phenoxy) is 1. The smallest absolute Gasteiger partial charge is 0.323 e. The highest BCUT2D eigenvalue weighted by Gasteiger charge is 2.20. The predicted molar refractivity (Wildman–Crippen MR) is 57.4 cm³/mol. The van der Waals surface area contributed by atoms with E-state index in [-0.39, 0.29) is 5.97 Å². The highest BCUT2D eigenvalue weighted by molar-refractivity contribution is 5.75. The zero-order valence-electron chi connectivity index (χ0n) is 10.0. The summed E-state index contributed by atoms with van der Waals surface area (Å²) >= 11 is 0. The van der Waals surface area contributed by atoms with Crippen molar-refractivity contribution in [3.63, 3.8) is 0 Å². The van der Waals surface area contributed by atoms with Crippen LogP contribution in [-0.4, -0.2) is 28.7 Å². The summed E-state index contributed by atoms with van der Waals surface area (Å²) in [6.07, 6.45) is 0.620. The molecule has 0 aliphatic heterocycles. The zero-order chi connectivity index (χ0) is 12.6. The Kier molecular flexibility index (Phi) is 7.87. The number of carbonyl (C=O) groups excluding carboxylic acids is 1. The van der Waals surface area contributed by atoms with Crippen LogP contribution in [-0.2, 0) is 14.3 Å². The van der Waals surface area contributed by atoms with Gasteiger partial charge < -0.3 is 15.6 Å². The molecular formula is C10H21NO4. The van der Waals surface area contributed by atoms with Crippen LogP contribution < -0.4 is 5.73 Å². The molecule has 5 heteroatoms. The minimum Gasteiger partial charge on any atom is -0.481 e. The maximum atomic E-state index is 11.0. The van der Waals surface area contributed by atoms with E-state index in [2.05, 4.69) is 0 Å². The first-order chi connectivity index (χ1) is 6.60. The Morgan fingerprint density at radius 3 is 1.93 bits per heavy atom. The van der Waals surface area contributed by atoms with Crippen LogP contribution in [0, 0.1) is 0 Å². The number of nitrogens with two attached hydrogens (primary N) is 1. The summed E-state index contributed by atoms with van der Waals surface area (Å²) in [6.45, 7) is 8.42. The Labute approximate surface area is 90.6 Å². The number of aliphatic carboxylic acids is 1. The van der Waals surface area contributed by atoms with Crippen LogP contribution in [0.5, 0.6) is 0 Å². The van der Waals surface area contributed by atoms with E-state index < -0.39 is 17.6 Å². The molecule has 0 saturated carbocycles. The molecule has 1 unspecified atom stereocenters. The quantitative estimate of drug-likeness (QED) is 0.680. The van der Waals surface area contributed by atoms with Crippen LogP contribution in [0.4, 0.5) is 0 Å². The normalized spacial score (nSPS) is 12.1. The molecule has 0 aromatic heterocycles. The SMILES string of the molecule is CC(=O)O.CCC(N)C(=O)OC(C)(C)C. The molecule has 0 radical (unpaired) electrons. The summed E-state index contributed by atoms with van der Waals surface area (Å²) in [5.74, 6) is -1.15. The van der Waals surface area contributed by atoms with Gasteiger partial charge in [-0.05, 0) is 27.2 Å². The van der Waals surface area contributed by atoms with E-state index in [1.165, 1.54) is 0 Å². The van der Waals surface area contributed by atoms with Crippen LogP contribution in [0.15, 0.2) is 0 Å². The molecule has 0 heterocycles. The van der Waals surface area contributed by atoms with Gasteiger partial charge in [0.1, 0.15) is 11.6 Å². The molecule has 0 bridgehead atoms. The molecule has 0 spiro atoms. The molecule has 0 aliphatic rings. The van der Waals surface area contributed by atoms with Gasteiger partial charge in [-0.15, -0.1) is 0 Å². The lowest BCUT2D eigenvalue weighted by atomic mass is 10.2. The summed E-state index contributed by atoms with van der Waals surface area (Å²) < 4.78 is 5.03. The lowest BCUT2D eigenvalue weighted by Gasteiger charge is -2.21. The van der Waals surface area contributed by atoms with E-state index in [4.69, 9.17) is 20.4 Å². The number of rotatable bonds is 2. The second-order valence-corrected chi connectivity index (χ2v) is 4.07. The Bertz CT molecular complexity index is 204. The van der Waals surface area contributed by atoms with Crippen LogP contribution in [0.1, 0.15) is 41.0 Å². The number of carbonyl (C=O) groups is 2. The van der Waals surface area contributed by atoms with Crippen molar-refractivity contribution in [3.8, 4) is 0 Å². The third kappa shape index (κ3) is 15.6. The minimum absolute atomic E-state index is 0.319. The first kappa shape index (κ1) is 16.3. The molecule has 0 aromatic carbocycles. The van der Waals surface area contributed by atoms with Crippen molar-refractivity contribution in [3.05, 3.63) is 0 Å². The van der Waals surface area contributed by atoms with Crippen LogP contribution in [0.3, 0.4) is 0 Å². The average molecular weight is 219 g/mol. The number of hydrogen-bond acceptors (Lipinski definition) is 4. The lowest BCUT2D eigenvalue weighted by Crippen LogP contribution is -2.36. The molecule has 0 saturated heterocycles. The van der Waals surface area contributed by atoms with Gasteiger partial charge in [0.2, 0.25) is 0 Å². The van der Waals surface area contributed by atoms with E-state index in [1.54, 1.807) is 0 Å². The van der Waals surface area contributed by atoms with Crippen molar-refractivity contribution >= 4 is 11.9 Å². The standard InChI is InChI=1S/C8H17NO2.C2H4O2/c1-5-6(9)7(10)11-8(2,3)4;1-2(3)4/h6H,5,9H2,1-4H3;1H3,(H,3,4). The largest absolute Gasteiger partial charge is 0.481 e. The summed E-state index contributed by atoms with van der Waals surface area (Å²) in [7, 11) is 0. The Hall–Kier alpha value is -1.10. The Balaban J connectivity index is 0. The van der Waals surface area contributed by atoms with Crippen molar-refractivity contribution in [2.75, 3.05) is 0 Å².